The normalized spacial score (nSPS) is 27.8. The number of hydrogen-bond acceptors (Lipinski definition) is 5. The lowest BCUT2D eigenvalue weighted by molar-refractivity contribution is -0.384. The maximum Gasteiger partial charge on any atom is 0.269 e. The fraction of sp³-hybridized carbons (Fsp3) is 0.278. The minimum atomic E-state index is -0.416. The van der Waals surface area contributed by atoms with E-state index in [0.29, 0.717) is 0 Å². The van der Waals surface area contributed by atoms with Crippen LogP contribution < -0.4 is 16.2 Å². The largest absolute Gasteiger partial charge is 0.347 e. The number of nitrogens with one attached hydrogen (secondary N) is 3. The molecule has 2 aliphatic rings. The number of hydrogen-bond donors (Lipinski definition) is 3. The quantitative estimate of drug-likeness (QED) is 0.587. The van der Waals surface area contributed by atoms with Gasteiger partial charge in [0, 0.05) is 18.1 Å². The summed E-state index contributed by atoms with van der Waals surface area (Å²) >= 11 is 0. The molecule has 25 heavy (non-hydrogen) atoms. The lowest BCUT2D eigenvalue weighted by atomic mass is 9.83. The van der Waals surface area contributed by atoms with Gasteiger partial charge < -0.3 is 5.32 Å². The van der Waals surface area contributed by atoms with E-state index >= 15 is 0 Å². The highest BCUT2D eigenvalue weighted by Crippen LogP contribution is 2.42. The molecular formula is C18H18N4O3. The molecule has 7 heteroatoms. The average Bonchev–Trinajstić information content (AvgIpc) is 3.17. The predicted molar refractivity (Wildman–Crippen MR) is 91.4 cm³/mol. The summed E-state index contributed by atoms with van der Waals surface area (Å²) in [5.41, 5.74) is 9.32. The van der Waals surface area contributed by atoms with Crippen LogP contribution in [0.1, 0.15) is 28.8 Å². The Morgan fingerprint density at radius 1 is 0.960 bits per heavy atom. The van der Waals surface area contributed by atoms with Gasteiger partial charge in [0.05, 0.1) is 17.0 Å². The van der Waals surface area contributed by atoms with Crippen LogP contribution in [0, 0.1) is 23.0 Å². The molecule has 0 saturated carbocycles. The van der Waals surface area contributed by atoms with E-state index in [1.165, 1.54) is 17.7 Å². The number of fused-ring (bicyclic) bond motifs is 1. The molecule has 2 aromatic carbocycles. The van der Waals surface area contributed by atoms with Crippen LogP contribution in [0.3, 0.4) is 0 Å². The van der Waals surface area contributed by atoms with E-state index in [4.69, 9.17) is 0 Å². The number of amides is 1. The first-order valence-electron chi connectivity index (χ1n) is 8.17. The molecule has 7 nitrogen and oxygen atoms in total. The number of hydrazine groups is 1. The lowest BCUT2D eigenvalue weighted by Gasteiger charge is -2.24. The van der Waals surface area contributed by atoms with Gasteiger partial charge >= 0.3 is 0 Å². The summed E-state index contributed by atoms with van der Waals surface area (Å²) in [5.74, 6) is -0.166. The molecule has 1 amide bonds. The minimum Gasteiger partial charge on any atom is -0.347 e. The van der Waals surface area contributed by atoms with E-state index < -0.39 is 4.92 Å². The van der Waals surface area contributed by atoms with Crippen molar-refractivity contribution in [2.75, 3.05) is 0 Å². The van der Waals surface area contributed by atoms with E-state index in [2.05, 4.69) is 16.2 Å². The Morgan fingerprint density at radius 3 is 2.40 bits per heavy atom. The van der Waals surface area contributed by atoms with Gasteiger partial charge in [0.1, 0.15) is 6.04 Å². The Bertz CT molecular complexity index is 836. The molecule has 0 bridgehead atoms. The van der Waals surface area contributed by atoms with E-state index in [9.17, 15) is 14.9 Å². The van der Waals surface area contributed by atoms with Gasteiger partial charge in [-0.15, -0.1) is 0 Å². The molecule has 2 heterocycles. The highest BCUT2D eigenvalue weighted by Gasteiger charge is 2.51. The summed E-state index contributed by atoms with van der Waals surface area (Å²) in [6, 6.07) is 13.9. The molecule has 2 aliphatic heterocycles. The van der Waals surface area contributed by atoms with E-state index in [1.54, 1.807) is 6.07 Å². The SMILES string of the molecule is Cc1ccc(C2NNC3C(=O)NC(c4cccc([N+](=O)[O-])c4)C32)cc1. The summed E-state index contributed by atoms with van der Waals surface area (Å²) < 4.78 is 0. The zero-order valence-electron chi connectivity index (χ0n) is 13.6. The summed E-state index contributed by atoms with van der Waals surface area (Å²) in [4.78, 5) is 23.0. The van der Waals surface area contributed by atoms with Gasteiger partial charge in [0.15, 0.2) is 0 Å². The Hall–Kier alpha value is -2.77. The van der Waals surface area contributed by atoms with Gasteiger partial charge in [-0.1, -0.05) is 42.0 Å². The van der Waals surface area contributed by atoms with Gasteiger partial charge in [-0.05, 0) is 18.1 Å². The molecule has 0 aliphatic carbocycles. The molecule has 0 spiro atoms. The van der Waals surface area contributed by atoms with Crippen LogP contribution in [0.15, 0.2) is 48.5 Å². The molecule has 0 radical (unpaired) electrons. The van der Waals surface area contributed by atoms with Crippen molar-refractivity contribution < 1.29 is 9.72 Å². The second-order valence-corrected chi connectivity index (χ2v) is 6.57. The molecule has 2 aromatic rings. The third kappa shape index (κ3) is 2.67. The summed E-state index contributed by atoms with van der Waals surface area (Å²) in [7, 11) is 0. The zero-order valence-corrected chi connectivity index (χ0v) is 13.6. The molecule has 2 saturated heterocycles. The number of carbonyl (C=O) groups excluding carboxylic acids is 1. The van der Waals surface area contributed by atoms with Gasteiger partial charge in [-0.3, -0.25) is 14.9 Å². The first kappa shape index (κ1) is 15.7. The van der Waals surface area contributed by atoms with Crippen LogP contribution in [0.4, 0.5) is 5.69 Å². The summed E-state index contributed by atoms with van der Waals surface area (Å²) in [6.45, 7) is 2.03. The highest BCUT2D eigenvalue weighted by atomic mass is 16.6. The standard InChI is InChI=1S/C18H18N4O3/c1-10-5-7-11(8-6-10)16-14-15(19-18(23)17(14)21-20-16)12-3-2-4-13(9-12)22(24)25/h2-9,14-17,20-21H,1H3,(H,19,23). The number of nitro benzene ring substituents is 1. The van der Waals surface area contributed by atoms with Crippen molar-refractivity contribution in [1.29, 1.82) is 0 Å². The monoisotopic (exact) mass is 338 g/mol. The van der Waals surface area contributed by atoms with E-state index in [-0.39, 0.29) is 35.6 Å². The van der Waals surface area contributed by atoms with Gasteiger partial charge in [-0.2, -0.15) is 0 Å². The number of non-ortho nitro benzene ring substituents is 1. The number of aryl methyl sites for hydroxylation is 1. The highest BCUT2D eigenvalue weighted by molar-refractivity contribution is 5.86. The number of nitrogens with zero attached hydrogens (tertiary/aromatic N) is 1. The van der Waals surface area contributed by atoms with Gasteiger partial charge in [0.25, 0.3) is 5.69 Å². The second-order valence-electron chi connectivity index (χ2n) is 6.57. The molecule has 2 fully saturated rings. The smallest absolute Gasteiger partial charge is 0.269 e. The lowest BCUT2D eigenvalue weighted by Crippen LogP contribution is -2.39. The molecule has 3 N–H and O–H groups in total. The van der Waals surface area contributed by atoms with Crippen LogP contribution in [0.25, 0.3) is 0 Å². The van der Waals surface area contributed by atoms with Crippen molar-refractivity contribution in [3.63, 3.8) is 0 Å². The number of nitro groups is 1. The van der Waals surface area contributed by atoms with E-state index in [0.717, 1.165) is 11.1 Å². The molecular weight excluding hydrogens is 320 g/mol. The number of rotatable bonds is 3. The Labute approximate surface area is 144 Å². The first-order chi connectivity index (χ1) is 12.0. The van der Waals surface area contributed by atoms with Crippen molar-refractivity contribution >= 4 is 11.6 Å². The van der Waals surface area contributed by atoms with Gasteiger partial charge in [0.2, 0.25) is 5.91 Å². The van der Waals surface area contributed by atoms with Crippen LogP contribution in [-0.2, 0) is 4.79 Å². The van der Waals surface area contributed by atoms with Crippen LogP contribution in [-0.4, -0.2) is 16.9 Å². The first-order valence-corrected chi connectivity index (χ1v) is 8.17. The Kier molecular flexibility index (Phi) is 3.74. The summed E-state index contributed by atoms with van der Waals surface area (Å²) in [5, 5.41) is 14.1. The maximum atomic E-state index is 12.3. The Morgan fingerprint density at radius 2 is 1.68 bits per heavy atom. The molecule has 4 atom stereocenters. The fourth-order valence-corrected chi connectivity index (χ4v) is 3.75. The van der Waals surface area contributed by atoms with Crippen LogP contribution >= 0.6 is 0 Å². The summed E-state index contributed by atoms with van der Waals surface area (Å²) in [6.07, 6.45) is 0. The van der Waals surface area contributed by atoms with Crippen molar-refractivity contribution in [1.82, 2.24) is 16.2 Å². The van der Waals surface area contributed by atoms with Crippen molar-refractivity contribution in [3.8, 4) is 0 Å². The minimum absolute atomic E-state index is 0.0287. The Balaban J connectivity index is 1.71. The molecule has 128 valence electrons. The van der Waals surface area contributed by atoms with Crippen molar-refractivity contribution in [3.05, 3.63) is 75.3 Å². The van der Waals surface area contributed by atoms with E-state index in [1.807, 2.05) is 37.3 Å². The zero-order chi connectivity index (χ0) is 17.6. The molecule has 4 rings (SSSR count). The van der Waals surface area contributed by atoms with Crippen LogP contribution in [0.5, 0.6) is 0 Å². The molecule has 4 unspecified atom stereocenters. The number of carbonyl (C=O) groups is 1. The molecule has 0 aromatic heterocycles. The third-order valence-corrected chi connectivity index (χ3v) is 5.01. The number of benzene rings is 2. The van der Waals surface area contributed by atoms with Crippen LogP contribution in [0.2, 0.25) is 0 Å². The van der Waals surface area contributed by atoms with Crippen molar-refractivity contribution in [2.24, 2.45) is 5.92 Å². The topological polar surface area (TPSA) is 96.3 Å². The van der Waals surface area contributed by atoms with Crippen molar-refractivity contribution in [2.45, 2.75) is 25.0 Å². The fourth-order valence-electron chi connectivity index (χ4n) is 3.75. The third-order valence-electron chi connectivity index (χ3n) is 5.01. The van der Waals surface area contributed by atoms with Gasteiger partial charge in [-0.25, -0.2) is 10.9 Å². The second kappa shape index (κ2) is 5.94. The maximum absolute atomic E-state index is 12.3. The average molecular weight is 338 g/mol. The predicted octanol–water partition coefficient (Wildman–Crippen LogP) is 1.91.